The van der Waals surface area contributed by atoms with Crippen molar-refractivity contribution in [2.24, 2.45) is 11.3 Å². The number of aromatic nitrogens is 3. The molecule has 4 aromatic rings. The number of likely N-dealkylation sites (tertiary alicyclic amines) is 1. The van der Waals surface area contributed by atoms with Gasteiger partial charge in [0.2, 0.25) is 0 Å². The SMILES string of the molecule is CCn1c(-c2cccnc2[C@H](C)OC)c2c3cc(ccc31)-c1csc(n1)C[C@H](NC(=O)N1C[C@H](C)[C@H]1COC)C(=O)N1CCC[C@H](N1)C(=O)OCC(C)(C)C2. The number of esters is 1. The normalized spacial score (nSPS) is 23.5. The summed E-state index contributed by atoms with van der Waals surface area (Å²) in [6, 6.07) is 8.51. The number of hydrogen-bond acceptors (Lipinski definition) is 10. The molecule has 13 nitrogen and oxygen atoms in total. The van der Waals surface area contributed by atoms with E-state index in [1.165, 1.54) is 16.3 Å². The summed E-state index contributed by atoms with van der Waals surface area (Å²) < 4.78 is 19.6. The standard InChI is InChI=1S/C41H53N7O6S/c1-8-46-33-14-13-26-17-28(33)29(37(46)27-11-9-15-42-36(27)25(3)53-7)19-41(4,5)23-54-39(50)30-12-10-16-48(45-30)38(49)31(18-35-43-32(26)22-55-35)44-40(51)47-20-24(2)34(47)21-52-6/h9,11,13-15,17,22,24-25,30-31,34,45H,8,10,12,16,18-21,23H2,1-7H3,(H,44,51)/t24-,25-,30-,31-,34+/m0/s1. The number of carbonyl (C=O) groups is 3. The summed E-state index contributed by atoms with van der Waals surface area (Å²) in [5, 5.41) is 8.32. The first kappa shape index (κ1) is 38.9. The second kappa shape index (κ2) is 16.0. The van der Waals surface area contributed by atoms with Gasteiger partial charge in [-0.1, -0.05) is 26.8 Å². The van der Waals surface area contributed by atoms with Crippen molar-refractivity contribution >= 4 is 40.1 Å². The number of hydrazine groups is 1. The summed E-state index contributed by atoms with van der Waals surface area (Å²) in [5.41, 5.74) is 9.58. The van der Waals surface area contributed by atoms with E-state index in [0.29, 0.717) is 39.0 Å². The van der Waals surface area contributed by atoms with Crippen LogP contribution in [0.3, 0.4) is 0 Å². The quantitative estimate of drug-likeness (QED) is 0.225. The maximum atomic E-state index is 14.2. The number of urea groups is 1. The fourth-order valence-electron chi connectivity index (χ4n) is 8.19. The number of aryl methyl sites for hydroxylation is 1. The van der Waals surface area contributed by atoms with Crippen molar-refractivity contribution in [3.8, 4) is 22.5 Å². The smallest absolute Gasteiger partial charge is 0.324 e. The Bertz CT molecular complexity index is 2060. The van der Waals surface area contributed by atoms with Crippen LogP contribution in [0.15, 0.2) is 41.9 Å². The number of benzene rings is 1. The Hall–Kier alpha value is -4.37. The Morgan fingerprint density at radius 3 is 2.78 bits per heavy atom. The maximum Gasteiger partial charge on any atom is 0.324 e. The lowest BCUT2D eigenvalue weighted by Gasteiger charge is -2.46. The van der Waals surface area contributed by atoms with Crippen LogP contribution in [-0.4, -0.2) is 101 Å². The third kappa shape index (κ3) is 7.74. The van der Waals surface area contributed by atoms with E-state index < -0.39 is 23.5 Å². The zero-order valence-electron chi connectivity index (χ0n) is 32.9. The Labute approximate surface area is 326 Å². The molecule has 5 atom stereocenters. The number of amides is 3. The number of nitrogens with zero attached hydrogens (tertiary/aromatic N) is 5. The molecule has 3 aliphatic rings. The molecule has 3 aliphatic heterocycles. The first-order valence-electron chi connectivity index (χ1n) is 19.3. The third-order valence-electron chi connectivity index (χ3n) is 11.3. The summed E-state index contributed by atoms with van der Waals surface area (Å²) in [4.78, 5) is 53.1. The lowest BCUT2D eigenvalue weighted by Crippen LogP contribution is -2.65. The molecule has 14 heteroatoms. The van der Waals surface area contributed by atoms with Crippen LogP contribution in [0.25, 0.3) is 33.4 Å². The predicted octanol–water partition coefficient (Wildman–Crippen LogP) is 5.76. The summed E-state index contributed by atoms with van der Waals surface area (Å²) in [6.07, 6.45) is 3.52. The van der Waals surface area contributed by atoms with E-state index in [9.17, 15) is 14.4 Å². The Morgan fingerprint density at radius 2 is 2.04 bits per heavy atom. The fourth-order valence-corrected chi connectivity index (χ4v) is 9.04. The molecule has 0 spiro atoms. The van der Waals surface area contributed by atoms with Crippen molar-refractivity contribution in [1.29, 1.82) is 0 Å². The van der Waals surface area contributed by atoms with Gasteiger partial charge in [-0.2, -0.15) is 0 Å². The molecule has 2 N–H and O–H groups in total. The van der Waals surface area contributed by atoms with Gasteiger partial charge < -0.3 is 29.0 Å². The maximum absolute atomic E-state index is 14.2. The molecular formula is C41H53N7O6S. The Balaban J connectivity index is 1.32. The Morgan fingerprint density at radius 1 is 1.22 bits per heavy atom. The van der Waals surface area contributed by atoms with Crippen LogP contribution in [-0.2, 0) is 43.2 Å². The average molecular weight is 772 g/mol. The molecule has 0 radical (unpaired) electrons. The number of thiazole rings is 1. The number of fused-ring (bicyclic) bond motifs is 6. The molecule has 1 aromatic carbocycles. The van der Waals surface area contributed by atoms with E-state index in [2.05, 4.69) is 67.3 Å². The van der Waals surface area contributed by atoms with Gasteiger partial charge in [0.15, 0.2) is 0 Å². The van der Waals surface area contributed by atoms with E-state index in [0.717, 1.165) is 56.2 Å². The van der Waals surface area contributed by atoms with Crippen LogP contribution < -0.4 is 10.7 Å². The Kier molecular flexibility index (Phi) is 11.3. The van der Waals surface area contributed by atoms with Crippen LogP contribution in [0.2, 0.25) is 0 Å². The highest BCUT2D eigenvalue weighted by atomic mass is 32.1. The molecule has 7 rings (SSSR count). The van der Waals surface area contributed by atoms with E-state index in [4.69, 9.17) is 24.2 Å². The van der Waals surface area contributed by atoms with Gasteiger partial charge in [-0.3, -0.25) is 19.6 Å². The molecule has 2 fully saturated rings. The van der Waals surface area contributed by atoms with Crippen molar-refractivity contribution in [2.45, 2.75) is 91.1 Å². The second-order valence-corrected chi connectivity index (χ2v) is 16.8. The van der Waals surface area contributed by atoms with E-state index in [1.54, 1.807) is 25.3 Å². The highest BCUT2D eigenvalue weighted by molar-refractivity contribution is 7.10. The van der Waals surface area contributed by atoms with Crippen LogP contribution >= 0.6 is 11.3 Å². The summed E-state index contributed by atoms with van der Waals surface area (Å²) in [7, 11) is 3.32. The van der Waals surface area contributed by atoms with Crippen molar-refractivity contribution in [1.82, 2.24) is 35.2 Å². The zero-order chi connectivity index (χ0) is 39.0. The van der Waals surface area contributed by atoms with Crippen LogP contribution in [0.4, 0.5) is 4.79 Å². The first-order chi connectivity index (χ1) is 26.4. The highest BCUT2D eigenvalue weighted by Gasteiger charge is 2.41. The van der Waals surface area contributed by atoms with Gasteiger partial charge in [-0.15, -0.1) is 11.3 Å². The van der Waals surface area contributed by atoms with Gasteiger partial charge in [0.05, 0.1) is 47.4 Å². The molecular weight excluding hydrogens is 719 g/mol. The van der Waals surface area contributed by atoms with Gasteiger partial charge in [0.1, 0.15) is 12.1 Å². The third-order valence-corrected chi connectivity index (χ3v) is 12.1. The van der Waals surface area contributed by atoms with Gasteiger partial charge >= 0.3 is 12.0 Å². The number of cyclic esters (lactones) is 1. The number of hydrogen-bond donors (Lipinski definition) is 2. The number of nitrogens with one attached hydrogen (secondary N) is 2. The van der Waals surface area contributed by atoms with E-state index >= 15 is 0 Å². The lowest BCUT2D eigenvalue weighted by atomic mass is 9.84. The minimum absolute atomic E-state index is 0.0710. The van der Waals surface area contributed by atoms with E-state index in [1.807, 2.05) is 18.4 Å². The molecule has 2 saturated heterocycles. The summed E-state index contributed by atoms with van der Waals surface area (Å²) in [5.74, 6) is -0.439. The van der Waals surface area contributed by atoms with Gasteiger partial charge in [0.25, 0.3) is 5.91 Å². The number of rotatable bonds is 7. The predicted molar refractivity (Wildman–Crippen MR) is 211 cm³/mol. The van der Waals surface area contributed by atoms with E-state index in [-0.39, 0.29) is 43.0 Å². The second-order valence-electron chi connectivity index (χ2n) is 15.9. The molecule has 294 valence electrons. The number of pyridine rings is 1. The van der Waals surface area contributed by atoms with Crippen LogP contribution in [0.5, 0.6) is 0 Å². The molecule has 0 saturated carbocycles. The molecule has 0 aliphatic carbocycles. The monoisotopic (exact) mass is 771 g/mol. The molecule has 6 heterocycles. The van der Waals surface area contributed by atoms with Crippen molar-refractivity contribution in [3.63, 3.8) is 0 Å². The molecule has 3 aromatic heterocycles. The lowest BCUT2D eigenvalue weighted by molar-refractivity contribution is -0.155. The number of methoxy groups -OCH3 is 2. The molecule has 0 unspecified atom stereocenters. The zero-order valence-corrected chi connectivity index (χ0v) is 33.7. The molecule has 6 bridgehead atoms. The minimum Gasteiger partial charge on any atom is -0.464 e. The number of ether oxygens (including phenoxy) is 3. The molecule has 55 heavy (non-hydrogen) atoms. The van der Waals surface area contributed by atoms with Crippen LogP contribution in [0, 0.1) is 11.3 Å². The number of carbonyl (C=O) groups excluding carboxylic acids is 3. The minimum atomic E-state index is -0.913. The molecule has 3 amide bonds. The van der Waals surface area contributed by atoms with Crippen molar-refractivity contribution in [2.75, 3.05) is 40.5 Å². The first-order valence-corrected chi connectivity index (χ1v) is 20.2. The van der Waals surface area contributed by atoms with Gasteiger partial charge in [-0.25, -0.2) is 15.2 Å². The fraction of sp³-hybridized carbons (Fsp3) is 0.537. The summed E-state index contributed by atoms with van der Waals surface area (Å²) >= 11 is 1.46. The van der Waals surface area contributed by atoms with Gasteiger partial charge in [0, 0.05) is 79.3 Å². The average Bonchev–Trinajstić information content (AvgIpc) is 3.78. The van der Waals surface area contributed by atoms with Crippen molar-refractivity contribution < 1.29 is 28.6 Å². The highest BCUT2D eigenvalue weighted by Crippen LogP contribution is 2.42. The van der Waals surface area contributed by atoms with Gasteiger partial charge in [-0.05, 0) is 68.9 Å². The topological polar surface area (TPSA) is 140 Å². The van der Waals surface area contributed by atoms with Crippen molar-refractivity contribution in [3.05, 3.63) is 58.2 Å². The van der Waals surface area contributed by atoms with Crippen LogP contribution in [0.1, 0.15) is 69.8 Å². The largest absolute Gasteiger partial charge is 0.464 e. The summed E-state index contributed by atoms with van der Waals surface area (Å²) in [6.45, 7) is 12.8.